The fourth-order valence-electron chi connectivity index (χ4n) is 1.61. The van der Waals surface area contributed by atoms with Gasteiger partial charge in [0.1, 0.15) is 11.4 Å². The summed E-state index contributed by atoms with van der Waals surface area (Å²) >= 11 is 0. The molecule has 1 aliphatic heterocycles. The van der Waals surface area contributed by atoms with E-state index in [1.54, 1.807) is 19.1 Å². The summed E-state index contributed by atoms with van der Waals surface area (Å²) in [4.78, 5) is 12.7. The predicted octanol–water partition coefficient (Wildman–Crippen LogP) is 0.740. The smallest absolute Gasteiger partial charge is 0.281 e. The molecule has 0 fully saturated rings. The van der Waals surface area contributed by atoms with E-state index in [0.717, 1.165) is 10.5 Å². The number of hydrogen-bond donors (Lipinski definition) is 1. The Bertz CT molecular complexity index is 479. The molecule has 0 saturated carbocycles. The standard InChI is InChI=1S/C11H11N3O2/c1-7-11(15)14(6-13)9-4-8(5-12)2-3-10(9)16-7/h2-4,7H,5,12H2,1H3. The van der Waals surface area contributed by atoms with E-state index >= 15 is 0 Å². The first-order valence-electron chi connectivity index (χ1n) is 4.90. The first kappa shape index (κ1) is 10.5. The van der Waals surface area contributed by atoms with Gasteiger partial charge in [0.2, 0.25) is 0 Å². The maximum atomic E-state index is 11.7. The van der Waals surface area contributed by atoms with Crippen LogP contribution in [0, 0.1) is 11.5 Å². The molecule has 5 nitrogen and oxygen atoms in total. The van der Waals surface area contributed by atoms with Crippen LogP contribution >= 0.6 is 0 Å². The van der Waals surface area contributed by atoms with E-state index in [-0.39, 0.29) is 5.91 Å². The monoisotopic (exact) mass is 217 g/mol. The molecule has 0 spiro atoms. The van der Waals surface area contributed by atoms with Crippen LogP contribution in [0.4, 0.5) is 5.69 Å². The van der Waals surface area contributed by atoms with Gasteiger partial charge in [0, 0.05) is 6.54 Å². The number of amides is 1. The average Bonchev–Trinajstić information content (AvgIpc) is 2.30. The molecule has 0 bridgehead atoms. The second kappa shape index (κ2) is 3.83. The molecule has 2 rings (SSSR count). The molecule has 0 radical (unpaired) electrons. The van der Waals surface area contributed by atoms with Gasteiger partial charge in [0.25, 0.3) is 5.91 Å². The van der Waals surface area contributed by atoms with Gasteiger partial charge >= 0.3 is 0 Å². The van der Waals surface area contributed by atoms with Crippen LogP contribution in [0.2, 0.25) is 0 Å². The Morgan fingerprint density at radius 1 is 1.62 bits per heavy atom. The van der Waals surface area contributed by atoms with E-state index in [0.29, 0.717) is 18.0 Å². The molecule has 5 heteroatoms. The van der Waals surface area contributed by atoms with Crippen molar-refractivity contribution in [3.8, 4) is 11.9 Å². The van der Waals surface area contributed by atoms with E-state index in [1.807, 2.05) is 12.3 Å². The number of carbonyl (C=O) groups is 1. The number of rotatable bonds is 1. The number of nitrogens with zero attached hydrogens (tertiary/aromatic N) is 2. The highest BCUT2D eigenvalue weighted by Gasteiger charge is 2.31. The summed E-state index contributed by atoms with van der Waals surface area (Å²) in [6, 6.07) is 5.24. The van der Waals surface area contributed by atoms with Crippen LogP contribution in [-0.4, -0.2) is 12.0 Å². The molecule has 1 amide bonds. The molecule has 16 heavy (non-hydrogen) atoms. The van der Waals surface area contributed by atoms with Crippen molar-refractivity contribution in [1.82, 2.24) is 0 Å². The van der Waals surface area contributed by atoms with Crippen molar-refractivity contribution >= 4 is 11.6 Å². The molecular formula is C11H11N3O2. The van der Waals surface area contributed by atoms with Crippen LogP contribution in [0.5, 0.6) is 5.75 Å². The van der Waals surface area contributed by atoms with Gasteiger partial charge in [-0.1, -0.05) is 6.07 Å². The Labute approximate surface area is 93.0 Å². The third-order valence-electron chi connectivity index (χ3n) is 2.47. The minimum absolute atomic E-state index is 0.357. The van der Waals surface area contributed by atoms with Gasteiger partial charge in [-0.3, -0.25) is 4.79 Å². The number of carbonyl (C=O) groups excluding carboxylic acids is 1. The molecular weight excluding hydrogens is 206 g/mol. The number of fused-ring (bicyclic) bond motifs is 1. The molecule has 82 valence electrons. The van der Waals surface area contributed by atoms with Gasteiger partial charge in [-0.05, 0) is 24.6 Å². The largest absolute Gasteiger partial charge is 0.479 e. The molecule has 0 saturated heterocycles. The van der Waals surface area contributed by atoms with Crippen LogP contribution in [0.1, 0.15) is 12.5 Å². The van der Waals surface area contributed by atoms with E-state index in [1.165, 1.54) is 0 Å². The third-order valence-corrected chi connectivity index (χ3v) is 2.47. The Morgan fingerprint density at radius 3 is 3.00 bits per heavy atom. The van der Waals surface area contributed by atoms with Crippen molar-refractivity contribution in [1.29, 1.82) is 5.26 Å². The van der Waals surface area contributed by atoms with E-state index in [2.05, 4.69) is 0 Å². The molecule has 2 N–H and O–H groups in total. The average molecular weight is 217 g/mol. The zero-order valence-electron chi connectivity index (χ0n) is 8.80. The highest BCUT2D eigenvalue weighted by atomic mass is 16.5. The lowest BCUT2D eigenvalue weighted by molar-refractivity contribution is -0.124. The second-order valence-corrected chi connectivity index (χ2v) is 3.54. The minimum atomic E-state index is -0.629. The summed E-state index contributed by atoms with van der Waals surface area (Å²) in [5.74, 6) is 0.176. The molecule has 1 aliphatic rings. The van der Waals surface area contributed by atoms with E-state index < -0.39 is 6.10 Å². The van der Waals surface area contributed by atoms with Crippen molar-refractivity contribution in [2.75, 3.05) is 4.90 Å². The van der Waals surface area contributed by atoms with Crippen molar-refractivity contribution in [2.45, 2.75) is 19.6 Å². The number of benzene rings is 1. The van der Waals surface area contributed by atoms with E-state index in [4.69, 9.17) is 15.7 Å². The van der Waals surface area contributed by atoms with Gasteiger partial charge in [-0.15, -0.1) is 0 Å². The molecule has 0 aliphatic carbocycles. The predicted molar refractivity (Wildman–Crippen MR) is 57.5 cm³/mol. The first-order valence-corrected chi connectivity index (χ1v) is 4.90. The highest BCUT2D eigenvalue weighted by molar-refractivity contribution is 6.02. The zero-order chi connectivity index (χ0) is 11.7. The molecule has 1 atom stereocenters. The Balaban J connectivity index is 2.53. The Morgan fingerprint density at radius 2 is 2.38 bits per heavy atom. The number of hydrogen-bond acceptors (Lipinski definition) is 4. The summed E-state index contributed by atoms with van der Waals surface area (Å²) in [5, 5.41) is 8.96. The lowest BCUT2D eigenvalue weighted by atomic mass is 10.1. The van der Waals surface area contributed by atoms with Crippen LogP contribution in [0.3, 0.4) is 0 Å². The first-order chi connectivity index (χ1) is 7.67. The van der Waals surface area contributed by atoms with Crippen LogP contribution < -0.4 is 15.4 Å². The van der Waals surface area contributed by atoms with Crippen molar-refractivity contribution < 1.29 is 9.53 Å². The fraction of sp³-hybridized carbons (Fsp3) is 0.273. The second-order valence-electron chi connectivity index (χ2n) is 3.54. The van der Waals surface area contributed by atoms with Gasteiger partial charge in [0.05, 0.1) is 0 Å². The van der Waals surface area contributed by atoms with Gasteiger partial charge in [-0.25, -0.2) is 4.90 Å². The Kier molecular flexibility index (Phi) is 2.50. The van der Waals surface area contributed by atoms with Crippen molar-refractivity contribution in [3.05, 3.63) is 23.8 Å². The Hall–Kier alpha value is -2.06. The summed E-state index contributed by atoms with van der Waals surface area (Å²) in [6.45, 7) is 1.97. The lowest BCUT2D eigenvalue weighted by Gasteiger charge is -2.28. The minimum Gasteiger partial charge on any atom is -0.479 e. The zero-order valence-corrected chi connectivity index (χ0v) is 8.80. The van der Waals surface area contributed by atoms with Gasteiger partial charge in [-0.2, -0.15) is 5.26 Å². The summed E-state index contributed by atoms with van der Waals surface area (Å²) < 4.78 is 5.39. The molecule has 1 aromatic carbocycles. The third kappa shape index (κ3) is 1.49. The van der Waals surface area contributed by atoms with Gasteiger partial charge < -0.3 is 10.5 Å². The summed E-state index contributed by atoms with van der Waals surface area (Å²) in [5.41, 5.74) is 6.82. The van der Waals surface area contributed by atoms with Crippen LogP contribution in [-0.2, 0) is 11.3 Å². The number of ether oxygens (including phenoxy) is 1. The molecule has 1 heterocycles. The van der Waals surface area contributed by atoms with Crippen molar-refractivity contribution in [3.63, 3.8) is 0 Å². The summed E-state index contributed by atoms with van der Waals surface area (Å²) in [6.07, 6.45) is 1.23. The molecule has 0 aromatic heterocycles. The van der Waals surface area contributed by atoms with Gasteiger partial charge in [0.15, 0.2) is 12.3 Å². The van der Waals surface area contributed by atoms with Crippen LogP contribution in [0.25, 0.3) is 0 Å². The maximum absolute atomic E-state index is 11.7. The number of nitriles is 1. The molecule has 1 unspecified atom stereocenters. The van der Waals surface area contributed by atoms with E-state index in [9.17, 15) is 4.79 Å². The fourth-order valence-corrected chi connectivity index (χ4v) is 1.61. The maximum Gasteiger partial charge on any atom is 0.281 e. The summed E-state index contributed by atoms with van der Waals surface area (Å²) in [7, 11) is 0. The SMILES string of the molecule is CC1Oc2ccc(CN)cc2N(C#N)C1=O. The topological polar surface area (TPSA) is 79.3 Å². The normalized spacial score (nSPS) is 18.7. The molecule has 1 aromatic rings. The van der Waals surface area contributed by atoms with Crippen LogP contribution in [0.15, 0.2) is 18.2 Å². The quantitative estimate of drug-likeness (QED) is 0.703. The van der Waals surface area contributed by atoms with Crippen molar-refractivity contribution in [2.24, 2.45) is 5.73 Å². The lowest BCUT2D eigenvalue weighted by Crippen LogP contribution is -2.41. The number of nitrogens with two attached hydrogens (primary N) is 1. The number of anilines is 1. The highest BCUT2D eigenvalue weighted by Crippen LogP contribution is 2.34.